The van der Waals surface area contributed by atoms with Crippen LogP contribution in [0.5, 0.6) is 5.75 Å². The number of carbonyl (C=O) groups excluding carboxylic acids is 2. The highest BCUT2D eigenvalue weighted by molar-refractivity contribution is 6.30. The van der Waals surface area contributed by atoms with Crippen molar-refractivity contribution in [3.63, 3.8) is 0 Å². The van der Waals surface area contributed by atoms with E-state index in [1.165, 1.54) is 17.0 Å². The molecular weight excluding hydrogens is 467 g/mol. The SMILES string of the molecule is CC(C)(C)NC(=O)[C@@H](Cc1ccccc1)N(Cc1cccc(Cl)c1)C(=O)COc1ccccc1F. The predicted octanol–water partition coefficient (Wildman–Crippen LogP) is 5.41. The van der Waals surface area contributed by atoms with E-state index in [9.17, 15) is 14.0 Å². The van der Waals surface area contributed by atoms with Crippen molar-refractivity contribution in [2.75, 3.05) is 6.61 Å². The number of ether oxygens (including phenoxy) is 1. The summed E-state index contributed by atoms with van der Waals surface area (Å²) < 4.78 is 19.6. The van der Waals surface area contributed by atoms with Crippen molar-refractivity contribution in [3.05, 3.63) is 101 Å². The summed E-state index contributed by atoms with van der Waals surface area (Å²) in [5.74, 6) is -1.32. The lowest BCUT2D eigenvalue weighted by Crippen LogP contribution is -2.55. The average Bonchev–Trinajstić information content (AvgIpc) is 2.80. The lowest BCUT2D eigenvalue weighted by molar-refractivity contribution is -0.143. The topological polar surface area (TPSA) is 58.6 Å². The Kier molecular flexibility index (Phi) is 8.88. The number of para-hydroxylation sites is 1. The summed E-state index contributed by atoms with van der Waals surface area (Å²) in [4.78, 5) is 28.4. The van der Waals surface area contributed by atoms with Gasteiger partial charge in [-0.15, -0.1) is 0 Å². The minimum atomic E-state index is -0.827. The molecule has 0 saturated heterocycles. The second-order valence-electron chi connectivity index (χ2n) is 9.32. The first-order valence-electron chi connectivity index (χ1n) is 11.4. The van der Waals surface area contributed by atoms with Crippen LogP contribution in [0.15, 0.2) is 78.9 Å². The molecule has 0 spiro atoms. The third-order valence-corrected chi connectivity index (χ3v) is 5.43. The van der Waals surface area contributed by atoms with Crippen molar-refractivity contribution >= 4 is 23.4 Å². The summed E-state index contributed by atoms with van der Waals surface area (Å²) in [6.07, 6.45) is 0.300. The Labute approximate surface area is 210 Å². The minimum absolute atomic E-state index is 0.0256. The second-order valence-corrected chi connectivity index (χ2v) is 9.75. The van der Waals surface area contributed by atoms with Crippen molar-refractivity contribution in [3.8, 4) is 5.75 Å². The first-order valence-corrected chi connectivity index (χ1v) is 11.8. The first-order chi connectivity index (χ1) is 16.6. The number of hydrogen-bond acceptors (Lipinski definition) is 3. The quantitative estimate of drug-likeness (QED) is 0.430. The Morgan fingerprint density at radius 3 is 2.29 bits per heavy atom. The van der Waals surface area contributed by atoms with Crippen molar-refractivity contribution in [2.45, 2.75) is 45.3 Å². The van der Waals surface area contributed by atoms with E-state index in [0.29, 0.717) is 11.4 Å². The molecule has 0 fully saturated rings. The van der Waals surface area contributed by atoms with Crippen LogP contribution in [-0.2, 0) is 22.6 Å². The second kappa shape index (κ2) is 11.8. The Morgan fingerprint density at radius 2 is 1.63 bits per heavy atom. The molecule has 0 unspecified atom stereocenters. The van der Waals surface area contributed by atoms with Gasteiger partial charge >= 0.3 is 0 Å². The van der Waals surface area contributed by atoms with Gasteiger partial charge in [-0.1, -0.05) is 66.2 Å². The first kappa shape index (κ1) is 26.2. The number of carbonyl (C=O) groups is 2. The number of rotatable bonds is 9. The number of nitrogens with zero attached hydrogens (tertiary/aromatic N) is 1. The van der Waals surface area contributed by atoms with Crippen molar-refractivity contribution < 1.29 is 18.7 Å². The Balaban J connectivity index is 1.94. The fraction of sp³-hybridized carbons (Fsp3) is 0.286. The molecule has 0 heterocycles. The molecule has 35 heavy (non-hydrogen) atoms. The lowest BCUT2D eigenvalue weighted by atomic mass is 10.0. The van der Waals surface area contributed by atoms with Gasteiger partial charge < -0.3 is 15.0 Å². The number of hydrogen-bond donors (Lipinski definition) is 1. The number of nitrogens with one attached hydrogen (secondary N) is 1. The molecule has 3 aromatic carbocycles. The number of halogens is 2. The van der Waals surface area contributed by atoms with Gasteiger partial charge in [0.1, 0.15) is 6.04 Å². The van der Waals surface area contributed by atoms with Gasteiger partial charge in [0.25, 0.3) is 5.91 Å². The van der Waals surface area contributed by atoms with E-state index in [2.05, 4.69) is 5.32 Å². The maximum absolute atomic E-state index is 14.1. The van der Waals surface area contributed by atoms with E-state index in [4.69, 9.17) is 16.3 Å². The maximum Gasteiger partial charge on any atom is 0.261 e. The van der Waals surface area contributed by atoms with E-state index >= 15 is 0 Å². The molecule has 0 aliphatic heterocycles. The Morgan fingerprint density at radius 1 is 0.971 bits per heavy atom. The molecule has 2 amide bonds. The Hall–Kier alpha value is -3.38. The molecule has 7 heteroatoms. The molecule has 3 aromatic rings. The van der Waals surface area contributed by atoms with Crippen molar-refractivity contribution in [1.29, 1.82) is 0 Å². The normalized spacial score (nSPS) is 12.0. The van der Waals surface area contributed by atoms with E-state index in [0.717, 1.165) is 11.1 Å². The molecule has 0 aromatic heterocycles. The highest BCUT2D eigenvalue weighted by Gasteiger charge is 2.32. The molecule has 0 bridgehead atoms. The van der Waals surface area contributed by atoms with Crippen LogP contribution < -0.4 is 10.1 Å². The van der Waals surface area contributed by atoms with Gasteiger partial charge in [-0.05, 0) is 56.2 Å². The molecule has 5 nitrogen and oxygen atoms in total. The average molecular weight is 497 g/mol. The number of amides is 2. The summed E-state index contributed by atoms with van der Waals surface area (Å²) in [5, 5.41) is 3.52. The van der Waals surface area contributed by atoms with Gasteiger partial charge in [0, 0.05) is 23.5 Å². The third kappa shape index (κ3) is 8.11. The highest BCUT2D eigenvalue weighted by atomic mass is 35.5. The third-order valence-electron chi connectivity index (χ3n) is 5.20. The zero-order valence-electron chi connectivity index (χ0n) is 20.1. The summed E-state index contributed by atoms with van der Waals surface area (Å²) in [7, 11) is 0. The van der Waals surface area contributed by atoms with Gasteiger partial charge in [0.2, 0.25) is 5.91 Å². The van der Waals surface area contributed by atoms with Crippen molar-refractivity contribution in [2.24, 2.45) is 0 Å². The van der Waals surface area contributed by atoms with Crippen LogP contribution in [0.2, 0.25) is 5.02 Å². The Bertz CT molecular complexity index is 1150. The summed E-state index contributed by atoms with van der Waals surface area (Å²) in [5.41, 5.74) is 1.17. The molecule has 184 valence electrons. The monoisotopic (exact) mass is 496 g/mol. The summed E-state index contributed by atoms with van der Waals surface area (Å²) >= 11 is 6.18. The largest absolute Gasteiger partial charge is 0.481 e. The highest BCUT2D eigenvalue weighted by Crippen LogP contribution is 2.20. The molecule has 0 radical (unpaired) electrons. The van der Waals surface area contributed by atoms with Gasteiger partial charge in [-0.3, -0.25) is 9.59 Å². The zero-order chi connectivity index (χ0) is 25.4. The maximum atomic E-state index is 14.1. The minimum Gasteiger partial charge on any atom is -0.481 e. The van der Waals surface area contributed by atoms with Gasteiger partial charge in [0.05, 0.1) is 0 Å². The van der Waals surface area contributed by atoms with Crippen LogP contribution in [0, 0.1) is 5.82 Å². The van der Waals surface area contributed by atoms with Crippen molar-refractivity contribution in [1.82, 2.24) is 10.2 Å². The summed E-state index contributed by atoms with van der Waals surface area (Å²) in [6.45, 7) is 5.36. The lowest BCUT2D eigenvalue weighted by Gasteiger charge is -2.33. The van der Waals surface area contributed by atoms with Crippen LogP contribution in [0.1, 0.15) is 31.9 Å². The zero-order valence-corrected chi connectivity index (χ0v) is 20.9. The molecule has 1 atom stereocenters. The van der Waals surface area contributed by atoms with E-state index < -0.39 is 29.9 Å². The molecule has 0 saturated carbocycles. The van der Waals surface area contributed by atoms with Crippen LogP contribution in [0.4, 0.5) is 4.39 Å². The van der Waals surface area contributed by atoms with E-state index in [1.54, 1.807) is 30.3 Å². The van der Waals surface area contributed by atoms with Gasteiger partial charge in [-0.2, -0.15) is 0 Å². The molecule has 3 rings (SSSR count). The molecular formula is C28H30ClFN2O3. The fourth-order valence-electron chi connectivity index (χ4n) is 3.62. The van der Waals surface area contributed by atoms with Gasteiger partial charge in [0.15, 0.2) is 18.2 Å². The molecule has 0 aliphatic rings. The standard InChI is InChI=1S/C28H30ClFN2O3/c1-28(2,3)31-27(34)24(17-20-10-5-4-6-11-20)32(18-21-12-9-13-22(29)16-21)26(33)19-35-25-15-8-7-14-23(25)30/h4-16,24H,17-19H2,1-3H3,(H,31,34)/t24-/m1/s1. The number of benzene rings is 3. The fourth-order valence-corrected chi connectivity index (χ4v) is 3.84. The van der Waals surface area contributed by atoms with E-state index in [-0.39, 0.29) is 18.2 Å². The molecule has 0 aliphatic carbocycles. The smallest absolute Gasteiger partial charge is 0.261 e. The van der Waals surface area contributed by atoms with Crippen LogP contribution in [0.3, 0.4) is 0 Å². The molecule has 1 N–H and O–H groups in total. The van der Waals surface area contributed by atoms with Gasteiger partial charge in [-0.25, -0.2) is 4.39 Å². The summed E-state index contributed by atoms with van der Waals surface area (Å²) in [6, 6.07) is 21.7. The van der Waals surface area contributed by atoms with E-state index in [1.807, 2.05) is 57.2 Å². The van der Waals surface area contributed by atoms with Crippen LogP contribution in [0.25, 0.3) is 0 Å². The van der Waals surface area contributed by atoms with Crippen LogP contribution in [-0.4, -0.2) is 34.9 Å². The predicted molar refractivity (Wildman–Crippen MR) is 136 cm³/mol. The van der Waals surface area contributed by atoms with Crippen LogP contribution >= 0.6 is 11.6 Å².